The molecule has 0 saturated carbocycles. The third kappa shape index (κ3) is 4.18. The summed E-state index contributed by atoms with van der Waals surface area (Å²) in [6, 6.07) is 11.4. The Hall–Kier alpha value is -1.65. The van der Waals surface area contributed by atoms with Crippen molar-refractivity contribution in [1.29, 1.82) is 0 Å². The number of H-pyrrole nitrogens is 1. The molecule has 4 heteroatoms. The molecule has 0 spiro atoms. The van der Waals surface area contributed by atoms with Crippen molar-refractivity contribution in [2.45, 2.75) is 31.8 Å². The Bertz CT molecular complexity index is 537. The van der Waals surface area contributed by atoms with Crippen LogP contribution in [0, 0.1) is 0 Å². The smallest absolute Gasteiger partial charge is 0.120 e. The van der Waals surface area contributed by atoms with Gasteiger partial charge in [0.05, 0.1) is 6.54 Å². The van der Waals surface area contributed by atoms with Crippen LogP contribution in [0.5, 0.6) is 0 Å². The van der Waals surface area contributed by atoms with Gasteiger partial charge in [-0.25, -0.2) is 4.98 Å². The van der Waals surface area contributed by atoms with Crippen molar-refractivity contribution < 1.29 is 0 Å². The Labute approximate surface area is 133 Å². The molecule has 1 fully saturated rings. The van der Waals surface area contributed by atoms with Crippen LogP contribution in [0.4, 0.5) is 0 Å². The molecule has 1 aliphatic rings. The van der Waals surface area contributed by atoms with Gasteiger partial charge in [0, 0.05) is 31.5 Å². The number of likely N-dealkylation sites (N-methyl/N-ethyl adjacent to an activating group) is 1. The van der Waals surface area contributed by atoms with Gasteiger partial charge in [0.1, 0.15) is 5.82 Å². The topological polar surface area (TPSA) is 35.2 Å². The van der Waals surface area contributed by atoms with Crippen LogP contribution in [0.15, 0.2) is 42.7 Å². The van der Waals surface area contributed by atoms with Crippen LogP contribution in [-0.2, 0) is 13.0 Å². The van der Waals surface area contributed by atoms with Gasteiger partial charge >= 0.3 is 0 Å². The number of aromatic amines is 1. The van der Waals surface area contributed by atoms with Crippen molar-refractivity contribution >= 4 is 0 Å². The normalized spacial score (nSPS) is 19.6. The highest BCUT2D eigenvalue weighted by atomic mass is 15.2. The summed E-state index contributed by atoms with van der Waals surface area (Å²) >= 11 is 0. The molecule has 0 amide bonds. The van der Waals surface area contributed by atoms with Crippen molar-refractivity contribution in [3.05, 3.63) is 54.1 Å². The number of rotatable bonds is 6. The van der Waals surface area contributed by atoms with Crippen LogP contribution in [0.1, 0.15) is 24.2 Å². The first kappa shape index (κ1) is 15.3. The Morgan fingerprint density at radius 3 is 2.95 bits per heavy atom. The minimum absolute atomic E-state index is 0.660. The number of piperidine rings is 1. The lowest BCUT2D eigenvalue weighted by Crippen LogP contribution is -2.46. The molecule has 1 N–H and O–H groups in total. The van der Waals surface area contributed by atoms with E-state index in [-0.39, 0.29) is 0 Å². The van der Waals surface area contributed by atoms with E-state index >= 15 is 0 Å². The van der Waals surface area contributed by atoms with Gasteiger partial charge in [0.2, 0.25) is 0 Å². The van der Waals surface area contributed by atoms with Crippen molar-refractivity contribution in [1.82, 2.24) is 19.8 Å². The van der Waals surface area contributed by atoms with E-state index in [2.05, 4.69) is 57.1 Å². The molecule has 0 aliphatic carbocycles. The van der Waals surface area contributed by atoms with Gasteiger partial charge in [-0.3, -0.25) is 4.90 Å². The monoisotopic (exact) mass is 298 g/mol. The molecular formula is C18H26N4. The van der Waals surface area contributed by atoms with Gasteiger partial charge in [0.15, 0.2) is 0 Å². The Morgan fingerprint density at radius 1 is 1.32 bits per heavy atom. The first-order chi connectivity index (χ1) is 10.8. The summed E-state index contributed by atoms with van der Waals surface area (Å²) in [6.07, 6.45) is 7.46. The fraction of sp³-hybridized carbons (Fsp3) is 0.500. The van der Waals surface area contributed by atoms with E-state index < -0.39 is 0 Å². The molecule has 2 heterocycles. The second kappa shape index (κ2) is 7.56. The average Bonchev–Trinajstić information content (AvgIpc) is 3.07. The van der Waals surface area contributed by atoms with E-state index in [4.69, 9.17) is 0 Å². The number of nitrogens with zero attached hydrogens (tertiary/aromatic N) is 3. The molecule has 3 rings (SSSR count). The second-order valence-electron chi connectivity index (χ2n) is 6.28. The number of hydrogen-bond acceptors (Lipinski definition) is 3. The Morgan fingerprint density at radius 2 is 2.18 bits per heavy atom. The van der Waals surface area contributed by atoms with Crippen molar-refractivity contribution in [3.63, 3.8) is 0 Å². The molecule has 0 unspecified atom stereocenters. The minimum atomic E-state index is 0.660. The molecule has 0 radical (unpaired) electrons. The summed E-state index contributed by atoms with van der Waals surface area (Å²) < 4.78 is 0. The quantitative estimate of drug-likeness (QED) is 0.890. The summed E-state index contributed by atoms with van der Waals surface area (Å²) in [4.78, 5) is 12.6. The molecule has 1 aliphatic heterocycles. The van der Waals surface area contributed by atoms with Gasteiger partial charge in [-0.05, 0) is 38.4 Å². The van der Waals surface area contributed by atoms with Gasteiger partial charge in [-0.2, -0.15) is 0 Å². The van der Waals surface area contributed by atoms with Gasteiger partial charge in [-0.1, -0.05) is 30.3 Å². The summed E-state index contributed by atoms with van der Waals surface area (Å²) in [5.41, 5.74) is 1.43. The maximum Gasteiger partial charge on any atom is 0.120 e. The summed E-state index contributed by atoms with van der Waals surface area (Å²) in [5.74, 6) is 1.08. The fourth-order valence-corrected chi connectivity index (χ4v) is 3.26. The van der Waals surface area contributed by atoms with Crippen LogP contribution in [-0.4, -0.2) is 52.5 Å². The maximum absolute atomic E-state index is 4.35. The summed E-state index contributed by atoms with van der Waals surface area (Å²) in [7, 11) is 2.27. The average molecular weight is 298 g/mol. The highest BCUT2D eigenvalue weighted by Crippen LogP contribution is 2.16. The van der Waals surface area contributed by atoms with Crippen molar-refractivity contribution in [2.75, 3.05) is 26.7 Å². The van der Waals surface area contributed by atoms with Crippen molar-refractivity contribution in [3.8, 4) is 0 Å². The first-order valence-electron chi connectivity index (χ1n) is 8.26. The molecule has 22 heavy (non-hydrogen) atoms. The first-order valence-corrected chi connectivity index (χ1v) is 8.26. The minimum Gasteiger partial charge on any atom is -0.348 e. The predicted octanol–water partition coefficient (Wildman–Crippen LogP) is 2.55. The number of aromatic nitrogens is 2. The number of hydrogen-bond donors (Lipinski definition) is 1. The van der Waals surface area contributed by atoms with Crippen molar-refractivity contribution in [2.24, 2.45) is 0 Å². The Balaban J connectivity index is 1.48. The highest BCUT2D eigenvalue weighted by molar-refractivity contribution is 5.14. The molecule has 1 atom stereocenters. The number of nitrogens with one attached hydrogen (secondary N) is 1. The predicted molar refractivity (Wildman–Crippen MR) is 89.7 cm³/mol. The van der Waals surface area contributed by atoms with E-state index in [1.165, 1.54) is 24.9 Å². The largest absolute Gasteiger partial charge is 0.348 e. The van der Waals surface area contributed by atoms with Crippen LogP contribution in [0.25, 0.3) is 0 Å². The zero-order valence-electron chi connectivity index (χ0n) is 13.4. The van der Waals surface area contributed by atoms with E-state index in [9.17, 15) is 0 Å². The van der Waals surface area contributed by atoms with E-state index in [1.807, 2.05) is 12.4 Å². The number of imidazole rings is 1. The van der Waals surface area contributed by atoms with E-state index in [0.717, 1.165) is 31.9 Å². The van der Waals surface area contributed by atoms with Crippen LogP contribution >= 0.6 is 0 Å². The lowest BCUT2D eigenvalue weighted by atomic mass is 10.0. The van der Waals surface area contributed by atoms with Crippen LogP contribution < -0.4 is 0 Å². The molecule has 1 aromatic heterocycles. The number of likely N-dealkylation sites (tertiary alicyclic amines) is 1. The lowest BCUT2D eigenvalue weighted by Gasteiger charge is -2.37. The van der Waals surface area contributed by atoms with Gasteiger partial charge in [-0.15, -0.1) is 0 Å². The number of benzene rings is 1. The Kier molecular flexibility index (Phi) is 5.24. The van der Waals surface area contributed by atoms with Gasteiger partial charge in [0.25, 0.3) is 0 Å². The zero-order chi connectivity index (χ0) is 15.2. The SMILES string of the molecule is CN(CCc1ccccc1)[C@@H]1CCCN(Cc2ncc[nH]2)C1. The van der Waals surface area contributed by atoms with Crippen LogP contribution in [0.2, 0.25) is 0 Å². The molecule has 2 aromatic rings. The standard InChI is InChI=1S/C18H26N4/c1-21(13-9-16-6-3-2-4-7-16)17-8-5-12-22(14-17)15-18-19-10-11-20-18/h2-4,6-7,10-11,17H,5,8-9,12-15H2,1H3,(H,19,20)/t17-/m1/s1. The highest BCUT2D eigenvalue weighted by Gasteiger charge is 2.23. The lowest BCUT2D eigenvalue weighted by molar-refractivity contribution is 0.110. The third-order valence-electron chi connectivity index (χ3n) is 4.63. The molecule has 1 aromatic carbocycles. The van der Waals surface area contributed by atoms with Crippen LogP contribution in [0.3, 0.4) is 0 Å². The zero-order valence-corrected chi connectivity index (χ0v) is 13.4. The van der Waals surface area contributed by atoms with Gasteiger partial charge < -0.3 is 9.88 Å². The molecule has 1 saturated heterocycles. The molecular weight excluding hydrogens is 272 g/mol. The second-order valence-corrected chi connectivity index (χ2v) is 6.28. The molecule has 4 nitrogen and oxygen atoms in total. The molecule has 0 bridgehead atoms. The van der Waals surface area contributed by atoms with E-state index in [0.29, 0.717) is 6.04 Å². The summed E-state index contributed by atoms with van der Waals surface area (Å²) in [5, 5.41) is 0. The third-order valence-corrected chi connectivity index (χ3v) is 4.63. The maximum atomic E-state index is 4.35. The molecule has 118 valence electrons. The fourth-order valence-electron chi connectivity index (χ4n) is 3.26. The summed E-state index contributed by atoms with van der Waals surface area (Å²) in [6.45, 7) is 4.40. The van der Waals surface area contributed by atoms with E-state index in [1.54, 1.807) is 0 Å².